The van der Waals surface area contributed by atoms with Crippen LogP contribution in [-0.4, -0.2) is 43.9 Å². The van der Waals surface area contributed by atoms with Crippen molar-refractivity contribution in [1.82, 2.24) is 4.90 Å². The molecule has 0 spiro atoms. The molecule has 0 aromatic heterocycles. The number of aryl methyl sites for hydroxylation is 1. The number of aliphatic hydroxyl groups is 1. The summed E-state index contributed by atoms with van der Waals surface area (Å²) >= 11 is 0. The molecule has 0 unspecified atom stereocenters. The van der Waals surface area contributed by atoms with E-state index in [9.17, 15) is 0 Å². The molecule has 96 valence electrons. The van der Waals surface area contributed by atoms with Gasteiger partial charge in [-0.1, -0.05) is 17.7 Å². The molecule has 1 N–H and O–H groups in total. The number of methoxy groups -OCH3 is 1. The van der Waals surface area contributed by atoms with Gasteiger partial charge in [-0.3, -0.25) is 0 Å². The highest BCUT2D eigenvalue weighted by Gasteiger charge is 2.05. The minimum Gasteiger partial charge on any atom is -0.496 e. The Morgan fingerprint density at radius 3 is 2.71 bits per heavy atom. The van der Waals surface area contributed by atoms with Gasteiger partial charge in [-0.05, 0) is 38.4 Å². The molecule has 3 nitrogen and oxygen atoms in total. The van der Waals surface area contributed by atoms with Crippen LogP contribution in [0.3, 0.4) is 0 Å². The van der Waals surface area contributed by atoms with Gasteiger partial charge < -0.3 is 14.7 Å². The van der Waals surface area contributed by atoms with E-state index in [4.69, 9.17) is 9.84 Å². The molecule has 1 aromatic rings. The number of aliphatic hydroxyl groups excluding tert-OH is 1. The first-order chi connectivity index (χ1) is 8.17. The van der Waals surface area contributed by atoms with Crippen LogP contribution in [0, 0.1) is 6.92 Å². The van der Waals surface area contributed by atoms with E-state index in [2.05, 4.69) is 31.0 Å². The zero-order valence-electron chi connectivity index (χ0n) is 11.1. The van der Waals surface area contributed by atoms with Crippen LogP contribution in [0.4, 0.5) is 0 Å². The second kappa shape index (κ2) is 7.30. The fourth-order valence-electron chi connectivity index (χ4n) is 1.87. The Hall–Kier alpha value is -1.06. The molecule has 0 aliphatic rings. The van der Waals surface area contributed by atoms with Gasteiger partial charge in [0.2, 0.25) is 0 Å². The van der Waals surface area contributed by atoms with Crippen molar-refractivity contribution < 1.29 is 9.84 Å². The Morgan fingerprint density at radius 1 is 1.29 bits per heavy atom. The molecule has 3 heteroatoms. The minimum atomic E-state index is 0.262. The maximum Gasteiger partial charge on any atom is 0.122 e. The van der Waals surface area contributed by atoms with Gasteiger partial charge >= 0.3 is 0 Å². The van der Waals surface area contributed by atoms with E-state index in [1.54, 1.807) is 7.11 Å². The van der Waals surface area contributed by atoms with Crippen molar-refractivity contribution in [3.8, 4) is 5.75 Å². The van der Waals surface area contributed by atoms with Gasteiger partial charge in [-0.15, -0.1) is 0 Å². The van der Waals surface area contributed by atoms with E-state index in [0.717, 1.165) is 31.7 Å². The second-order valence-corrected chi connectivity index (χ2v) is 4.45. The highest BCUT2D eigenvalue weighted by Crippen LogP contribution is 2.20. The Labute approximate surface area is 104 Å². The number of rotatable bonds is 7. The number of benzene rings is 1. The largest absolute Gasteiger partial charge is 0.496 e. The molecule has 0 bridgehead atoms. The molecular weight excluding hydrogens is 214 g/mol. The number of hydrogen-bond donors (Lipinski definition) is 1. The Balaban J connectivity index is 2.52. The lowest BCUT2D eigenvalue weighted by Gasteiger charge is -2.17. The summed E-state index contributed by atoms with van der Waals surface area (Å²) in [6.07, 6.45) is 1.81. The van der Waals surface area contributed by atoms with Crippen LogP contribution in [0.5, 0.6) is 5.75 Å². The number of ether oxygens (including phenoxy) is 1. The van der Waals surface area contributed by atoms with Gasteiger partial charge in [0.15, 0.2) is 0 Å². The molecular formula is C14H23NO2. The number of nitrogens with zero attached hydrogens (tertiary/aromatic N) is 1. The summed E-state index contributed by atoms with van der Waals surface area (Å²) in [5.74, 6) is 0.964. The monoisotopic (exact) mass is 237 g/mol. The fraction of sp³-hybridized carbons (Fsp3) is 0.571. The van der Waals surface area contributed by atoms with Crippen molar-refractivity contribution in [2.75, 3.05) is 33.9 Å². The molecule has 0 radical (unpaired) electrons. The predicted molar refractivity (Wildman–Crippen MR) is 70.6 cm³/mol. The maximum atomic E-state index is 8.77. The summed E-state index contributed by atoms with van der Waals surface area (Å²) in [4.78, 5) is 2.23. The molecule has 17 heavy (non-hydrogen) atoms. The highest BCUT2D eigenvalue weighted by molar-refractivity contribution is 5.37. The number of hydrogen-bond acceptors (Lipinski definition) is 3. The van der Waals surface area contributed by atoms with Crippen molar-refractivity contribution in [3.05, 3.63) is 29.3 Å². The molecule has 0 heterocycles. The molecule has 1 rings (SSSR count). The average molecular weight is 237 g/mol. The molecule has 0 aliphatic carbocycles. The first kappa shape index (κ1) is 14.0. The summed E-state index contributed by atoms with van der Waals surface area (Å²) in [6.45, 7) is 4.28. The van der Waals surface area contributed by atoms with E-state index < -0.39 is 0 Å². The molecule has 0 amide bonds. The van der Waals surface area contributed by atoms with E-state index in [0.29, 0.717) is 0 Å². The quantitative estimate of drug-likeness (QED) is 0.785. The lowest BCUT2D eigenvalue weighted by Crippen LogP contribution is -2.23. The van der Waals surface area contributed by atoms with Crippen molar-refractivity contribution in [3.63, 3.8) is 0 Å². The van der Waals surface area contributed by atoms with Crippen molar-refractivity contribution in [2.45, 2.75) is 19.8 Å². The zero-order valence-corrected chi connectivity index (χ0v) is 11.1. The van der Waals surface area contributed by atoms with Crippen molar-refractivity contribution >= 4 is 0 Å². The van der Waals surface area contributed by atoms with E-state index in [1.807, 2.05) is 6.07 Å². The van der Waals surface area contributed by atoms with Crippen LogP contribution in [0.1, 0.15) is 17.5 Å². The lowest BCUT2D eigenvalue weighted by atomic mass is 10.1. The van der Waals surface area contributed by atoms with Gasteiger partial charge in [0.1, 0.15) is 5.75 Å². The summed E-state index contributed by atoms with van der Waals surface area (Å²) in [7, 11) is 3.79. The van der Waals surface area contributed by atoms with Crippen LogP contribution in [0.15, 0.2) is 18.2 Å². The first-order valence-corrected chi connectivity index (χ1v) is 6.10. The third kappa shape index (κ3) is 4.75. The standard InChI is InChI=1S/C14H23NO2/c1-12-5-6-14(17-3)13(11-12)7-9-15(2)8-4-10-16/h5-6,11,16H,4,7-10H2,1-3H3. The lowest BCUT2D eigenvalue weighted by molar-refractivity contribution is 0.248. The van der Waals surface area contributed by atoms with E-state index in [1.165, 1.54) is 11.1 Å². The third-order valence-corrected chi connectivity index (χ3v) is 2.90. The van der Waals surface area contributed by atoms with Gasteiger partial charge in [-0.25, -0.2) is 0 Å². The summed E-state index contributed by atoms with van der Waals surface area (Å²) < 4.78 is 5.36. The smallest absolute Gasteiger partial charge is 0.122 e. The normalized spacial score (nSPS) is 10.9. The van der Waals surface area contributed by atoms with Gasteiger partial charge in [0.05, 0.1) is 7.11 Å². The average Bonchev–Trinajstić information content (AvgIpc) is 2.34. The van der Waals surface area contributed by atoms with Gasteiger partial charge in [0.25, 0.3) is 0 Å². The van der Waals surface area contributed by atoms with E-state index in [-0.39, 0.29) is 6.61 Å². The summed E-state index contributed by atoms with van der Waals surface area (Å²) in [5.41, 5.74) is 2.52. The minimum absolute atomic E-state index is 0.262. The van der Waals surface area contributed by atoms with Crippen LogP contribution in [-0.2, 0) is 6.42 Å². The zero-order chi connectivity index (χ0) is 12.7. The molecule has 1 aromatic carbocycles. The van der Waals surface area contributed by atoms with Crippen LogP contribution >= 0.6 is 0 Å². The molecule has 0 saturated heterocycles. The van der Waals surface area contributed by atoms with Crippen LogP contribution in [0.25, 0.3) is 0 Å². The molecule has 0 fully saturated rings. The first-order valence-electron chi connectivity index (χ1n) is 6.10. The Bertz CT molecular complexity index is 339. The predicted octanol–water partition coefficient (Wildman–Crippen LogP) is 1.86. The SMILES string of the molecule is COc1ccc(C)cc1CCN(C)CCCO. The number of likely N-dealkylation sites (N-methyl/N-ethyl adjacent to an activating group) is 1. The summed E-state index contributed by atoms with van der Waals surface area (Å²) in [5, 5.41) is 8.77. The van der Waals surface area contributed by atoms with Gasteiger partial charge in [0, 0.05) is 19.7 Å². The van der Waals surface area contributed by atoms with Crippen molar-refractivity contribution in [1.29, 1.82) is 0 Å². The van der Waals surface area contributed by atoms with E-state index >= 15 is 0 Å². The fourth-order valence-corrected chi connectivity index (χ4v) is 1.87. The third-order valence-electron chi connectivity index (χ3n) is 2.90. The van der Waals surface area contributed by atoms with Crippen molar-refractivity contribution in [2.24, 2.45) is 0 Å². The van der Waals surface area contributed by atoms with Crippen LogP contribution in [0.2, 0.25) is 0 Å². The second-order valence-electron chi connectivity index (χ2n) is 4.45. The summed E-state index contributed by atoms with van der Waals surface area (Å²) in [6, 6.07) is 6.27. The maximum absolute atomic E-state index is 8.77. The molecule has 0 saturated carbocycles. The molecule has 0 aliphatic heterocycles. The Kier molecular flexibility index (Phi) is 6.01. The van der Waals surface area contributed by atoms with Gasteiger partial charge in [-0.2, -0.15) is 0 Å². The highest BCUT2D eigenvalue weighted by atomic mass is 16.5. The van der Waals surface area contributed by atoms with Crippen LogP contribution < -0.4 is 4.74 Å². The molecule has 0 atom stereocenters. The Morgan fingerprint density at radius 2 is 2.06 bits per heavy atom. The topological polar surface area (TPSA) is 32.7 Å².